The topological polar surface area (TPSA) is 25.9 Å². The molecule has 2 heterocycles. The fourth-order valence-corrected chi connectivity index (χ4v) is 2.83. The minimum atomic E-state index is 0.0670. The molecule has 1 aromatic carbocycles. The van der Waals surface area contributed by atoms with Gasteiger partial charge in [-0.3, -0.25) is 4.79 Å². The van der Waals surface area contributed by atoms with Gasteiger partial charge >= 0.3 is 0 Å². The molecule has 106 valence electrons. The average Bonchev–Trinajstić information content (AvgIpc) is 2.81. The first-order valence-electron chi connectivity index (χ1n) is 7.05. The van der Waals surface area contributed by atoms with Crippen molar-refractivity contribution in [1.29, 1.82) is 0 Å². The monoisotopic (exact) mass is 279 g/mol. The van der Waals surface area contributed by atoms with Crippen LogP contribution in [0.25, 0.3) is 10.9 Å². The van der Waals surface area contributed by atoms with Crippen molar-refractivity contribution in [3.05, 3.63) is 65.1 Å². The summed E-state index contributed by atoms with van der Waals surface area (Å²) in [5, 5.41) is 1.09. The molecule has 0 saturated heterocycles. The molecule has 3 nitrogen and oxygen atoms in total. The molecule has 0 spiro atoms. The Bertz CT molecular complexity index is 859. The Balaban J connectivity index is 2.22. The van der Waals surface area contributed by atoms with E-state index in [0.29, 0.717) is 0 Å². The maximum absolute atomic E-state index is 13.0. The predicted octanol–water partition coefficient (Wildman–Crippen LogP) is 2.85. The Kier molecular flexibility index (Phi) is 3.13. The molecule has 0 aliphatic rings. The van der Waals surface area contributed by atoms with Gasteiger partial charge in [0.2, 0.25) is 0 Å². The first-order chi connectivity index (χ1) is 10.0. The second kappa shape index (κ2) is 4.85. The van der Waals surface area contributed by atoms with Crippen LogP contribution in [0.3, 0.4) is 0 Å². The van der Waals surface area contributed by atoms with Gasteiger partial charge in [0.25, 0.3) is 11.5 Å². The molecule has 0 saturated carbocycles. The fraction of sp³-hybridized carbons (Fsp3) is 0.222. The number of fused-ring (bicyclic) bond motifs is 1. The molecule has 0 fully saturated rings. The predicted molar refractivity (Wildman–Crippen MR) is 83.4 cm³/mol. The van der Waals surface area contributed by atoms with Gasteiger partial charge in [-0.15, -0.1) is 0 Å². The van der Waals surface area contributed by atoms with Crippen molar-refractivity contribution in [1.82, 2.24) is 4.57 Å². The SMILES string of the molecule is Cc1cc[n+](C)c(C(=O)c2cc3ccccc3n2C)c1C. The van der Waals surface area contributed by atoms with Crippen molar-refractivity contribution in [3.63, 3.8) is 0 Å². The molecule has 3 heteroatoms. The van der Waals surface area contributed by atoms with Gasteiger partial charge in [-0.25, -0.2) is 0 Å². The molecule has 0 unspecified atom stereocenters. The number of hydrogen-bond donors (Lipinski definition) is 0. The zero-order valence-corrected chi connectivity index (χ0v) is 12.8. The van der Waals surface area contributed by atoms with Gasteiger partial charge in [-0.05, 0) is 31.5 Å². The van der Waals surface area contributed by atoms with E-state index in [1.54, 1.807) is 0 Å². The van der Waals surface area contributed by atoms with Gasteiger partial charge in [0.05, 0.1) is 5.69 Å². The molecule has 3 rings (SSSR count). The Hall–Kier alpha value is -2.42. The highest BCUT2D eigenvalue weighted by Gasteiger charge is 2.25. The van der Waals surface area contributed by atoms with Crippen molar-refractivity contribution < 1.29 is 9.36 Å². The summed E-state index contributed by atoms with van der Waals surface area (Å²) in [4.78, 5) is 13.0. The summed E-state index contributed by atoms with van der Waals surface area (Å²) in [6, 6.07) is 12.1. The van der Waals surface area contributed by atoms with Crippen molar-refractivity contribution in [3.8, 4) is 0 Å². The molecule has 0 N–H and O–H groups in total. The zero-order valence-electron chi connectivity index (χ0n) is 12.8. The second-order valence-corrected chi connectivity index (χ2v) is 5.56. The summed E-state index contributed by atoms with van der Waals surface area (Å²) < 4.78 is 3.88. The number of ketones is 1. The Morgan fingerprint density at radius 2 is 1.86 bits per heavy atom. The zero-order chi connectivity index (χ0) is 15.1. The molecule has 21 heavy (non-hydrogen) atoms. The molecule has 0 radical (unpaired) electrons. The molecule has 0 amide bonds. The Labute approximate surface area is 124 Å². The van der Waals surface area contributed by atoms with Crippen molar-refractivity contribution in [2.45, 2.75) is 13.8 Å². The summed E-state index contributed by atoms with van der Waals surface area (Å²) in [6.07, 6.45) is 1.94. The van der Waals surface area contributed by atoms with Crippen molar-refractivity contribution >= 4 is 16.7 Å². The van der Waals surface area contributed by atoms with E-state index in [0.717, 1.165) is 33.4 Å². The van der Waals surface area contributed by atoms with Crippen LogP contribution in [0.5, 0.6) is 0 Å². The summed E-state index contributed by atoms with van der Waals surface area (Å²) in [5.74, 6) is 0.0670. The third-order valence-corrected chi connectivity index (χ3v) is 4.25. The fourth-order valence-electron chi connectivity index (χ4n) is 2.83. The number of pyridine rings is 1. The summed E-state index contributed by atoms with van der Waals surface area (Å²) in [6.45, 7) is 4.04. The van der Waals surface area contributed by atoms with Crippen LogP contribution in [0.4, 0.5) is 0 Å². The maximum Gasteiger partial charge on any atom is 0.273 e. The molecule has 0 aliphatic carbocycles. The number of nitrogens with zero attached hydrogens (tertiary/aromatic N) is 2. The standard InChI is InChI=1S/C18H19N2O/c1-12-9-10-19(3)17(13(12)2)18(21)16-11-14-7-5-6-8-15(14)20(16)4/h5-11H,1-4H3/q+1. The number of carbonyl (C=O) groups excluding carboxylic acids is 1. The van der Waals surface area contributed by atoms with Crippen LogP contribution in [0, 0.1) is 13.8 Å². The van der Waals surface area contributed by atoms with Gasteiger partial charge in [0.15, 0.2) is 6.20 Å². The number of aryl methyl sites for hydroxylation is 3. The van der Waals surface area contributed by atoms with Crippen molar-refractivity contribution in [2.75, 3.05) is 0 Å². The second-order valence-electron chi connectivity index (χ2n) is 5.56. The molecular weight excluding hydrogens is 260 g/mol. The largest absolute Gasteiger partial charge is 0.341 e. The van der Waals surface area contributed by atoms with E-state index in [9.17, 15) is 4.79 Å². The minimum absolute atomic E-state index is 0.0670. The van der Waals surface area contributed by atoms with Gasteiger partial charge in [0.1, 0.15) is 7.05 Å². The number of aromatic nitrogens is 2. The maximum atomic E-state index is 13.0. The van der Waals surface area contributed by atoms with Crippen molar-refractivity contribution in [2.24, 2.45) is 14.1 Å². The van der Waals surface area contributed by atoms with Gasteiger partial charge in [-0.1, -0.05) is 18.2 Å². The highest BCUT2D eigenvalue weighted by Crippen LogP contribution is 2.21. The lowest BCUT2D eigenvalue weighted by Crippen LogP contribution is -2.38. The lowest BCUT2D eigenvalue weighted by Gasteiger charge is -2.06. The molecular formula is C18H19N2O+. The molecule has 0 aliphatic heterocycles. The van der Waals surface area contributed by atoms with Crippen LogP contribution < -0.4 is 4.57 Å². The molecule has 0 atom stereocenters. The smallest absolute Gasteiger partial charge is 0.273 e. The summed E-state index contributed by atoms with van der Waals surface area (Å²) in [5.41, 5.74) is 4.72. The summed E-state index contributed by atoms with van der Waals surface area (Å²) in [7, 11) is 3.86. The van der Waals surface area contributed by atoms with E-state index in [2.05, 4.69) is 0 Å². The molecule has 0 bridgehead atoms. The lowest BCUT2D eigenvalue weighted by atomic mass is 10.0. The van der Waals surface area contributed by atoms with Crippen LogP contribution in [0.1, 0.15) is 27.3 Å². The highest BCUT2D eigenvalue weighted by atomic mass is 16.1. The first-order valence-corrected chi connectivity index (χ1v) is 7.05. The average molecular weight is 279 g/mol. The Morgan fingerprint density at radius 3 is 2.57 bits per heavy atom. The number of carbonyl (C=O) groups is 1. The normalized spacial score (nSPS) is 11.0. The van der Waals surface area contributed by atoms with Crippen LogP contribution in [-0.4, -0.2) is 10.4 Å². The lowest BCUT2D eigenvalue weighted by molar-refractivity contribution is -0.673. The van der Waals surface area contributed by atoms with E-state index >= 15 is 0 Å². The van der Waals surface area contributed by atoms with E-state index in [1.807, 2.05) is 79.7 Å². The van der Waals surface area contributed by atoms with E-state index < -0.39 is 0 Å². The van der Waals surface area contributed by atoms with Crippen LogP contribution in [0.15, 0.2) is 42.6 Å². The minimum Gasteiger partial charge on any atom is -0.341 e. The number of benzene rings is 1. The van der Waals surface area contributed by atoms with Crippen LogP contribution in [0.2, 0.25) is 0 Å². The quantitative estimate of drug-likeness (QED) is 0.523. The van der Waals surface area contributed by atoms with Crippen LogP contribution >= 0.6 is 0 Å². The third-order valence-electron chi connectivity index (χ3n) is 4.25. The van der Waals surface area contributed by atoms with E-state index in [-0.39, 0.29) is 5.78 Å². The molecule has 2 aromatic heterocycles. The number of hydrogen-bond acceptors (Lipinski definition) is 1. The van der Waals surface area contributed by atoms with Crippen LogP contribution in [-0.2, 0) is 14.1 Å². The van der Waals surface area contributed by atoms with Gasteiger partial charge < -0.3 is 4.57 Å². The summed E-state index contributed by atoms with van der Waals surface area (Å²) >= 11 is 0. The first kappa shape index (κ1) is 13.6. The molecule has 3 aromatic rings. The Morgan fingerprint density at radius 1 is 1.14 bits per heavy atom. The number of rotatable bonds is 2. The third kappa shape index (κ3) is 2.05. The van der Waals surface area contributed by atoms with E-state index in [4.69, 9.17) is 0 Å². The van der Waals surface area contributed by atoms with Gasteiger partial charge in [-0.2, -0.15) is 4.57 Å². The highest BCUT2D eigenvalue weighted by molar-refractivity contribution is 6.09. The van der Waals surface area contributed by atoms with E-state index in [1.165, 1.54) is 0 Å². The van der Waals surface area contributed by atoms with Gasteiger partial charge in [0, 0.05) is 29.6 Å². The number of para-hydroxylation sites is 1.